The molecule has 1 aliphatic heterocycles. The van der Waals surface area contributed by atoms with E-state index in [2.05, 4.69) is 23.7 Å². The zero-order valence-corrected chi connectivity index (χ0v) is 15.6. The second-order valence-corrected chi connectivity index (χ2v) is 6.83. The average Bonchev–Trinajstić information content (AvgIpc) is 2.65. The molecule has 1 aliphatic rings. The number of likely N-dealkylation sites (tertiary alicyclic amines) is 1. The van der Waals surface area contributed by atoms with Gasteiger partial charge in [-0.3, -0.25) is 9.69 Å². The topological polar surface area (TPSA) is 43.8 Å². The van der Waals surface area contributed by atoms with Gasteiger partial charge in [0.15, 0.2) is 0 Å². The van der Waals surface area contributed by atoms with Crippen molar-refractivity contribution in [3.8, 4) is 11.8 Å². The van der Waals surface area contributed by atoms with Crippen molar-refractivity contribution < 1.29 is 9.90 Å². The third-order valence-corrected chi connectivity index (χ3v) is 4.93. The molecule has 2 rings (SSSR count). The fraction of sp³-hybridized carbons (Fsp3) is 0.550. The Morgan fingerprint density at radius 2 is 1.96 bits per heavy atom. The number of nitrogens with zero attached hydrogens (tertiary/aromatic N) is 2. The molecule has 0 aromatic heterocycles. The molecule has 1 aromatic carbocycles. The highest BCUT2D eigenvalue weighted by Gasteiger charge is 2.23. The molecule has 1 saturated heterocycles. The fourth-order valence-corrected chi connectivity index (χ4v) is 3.12. The van der Waals surface area contributed by atoms with Gasteiger partial charge in [0.2, 0.25) is 0 Å². The van der Waals surface area contributed by atoms with Gasteiger partial charge < -0.3 is 10.0 Å². The molecule has 0 radical (unpaired) electrons. The predicted molar refractivity (Wildman–Crippen MR) is 102 cm³/mol. The van der Waals surface area contributed by atoms with Crippen molar-refractivity contribution in [2.24, 2.45) is 5.92 Å². The number of benzene rings is 1. The van der Waals surface area contributed by atoms with Gasteiger partial charge in [0.25, 0.3) is 5.91 Å². The van der Waals surface area contributed by atoms with Crippen LogP contribution in [0.15, 0.2) is 24.3 Å². The van der Waals surface area contributed by atoms with Crippen LogP contribution in [0, 0.1) is 17.8 Å². The van der Waals surface area contributed by atoms with E-state index in [9.17, 15) is 4.79 Å². The van der Waals surface area contributed by atoms with Crippen molar-refractivity contribution in [2.45, 2.75) is 26.2 Å². The van der Waals surface area contributed by atoms with E-state index in [1.54, 1.807) is 24.3 Å². The van der Waals surface area contributed by atoms with Crippen LogP contribution in [0.3, 0.4) is 0 Å². The Morgan fingerprint density at radius 1 is 1.28 bits per heavy atom. The van der Waals surface area contributed by atoms with Crippen molar-refractivity contribution in [1.29, 1.82) is 0 Å². The Morgan fingerprint density at radius 3 is 2.56 bits per heavy atom. The third-order valence-electron chi connectivity index (χ3n) is 4.67. The van der Waals surface area contributed by atoms with Gasteiger partial charge in [0.05, 0.1) is 13.2 Å². The second-order valence-electron chi connectivity index (χ2n) is 6.39. The normalized spacial score (nSPS) is 15.1. The number of halogens is 1. The van der Waals surface area contributed by atoms with E-state index in [1.165, 1.54) is 0 Å². The minimum absolute atomic E-state index is 0.0868. The van der Waals surface area contributed by atoms with Crippen molar-refractivity contribution in [3.05, 3.63) is 34.9 Å². The summed E-state index contributed by atoms with van der Waals surface area (Å²) in [7, 11) is 0. The van der Waals surface area contributed by atoms with E-state index in [0.717, 1.165) is 38.9 Å². The first kappa shape index (κ1) is 19.8. The molecule has 0 saturated carbocycles. The van der Waals surface area contributed by atoms with Gasteiger partial charge >= 0.3 is 0 Å². The summed E-state index contributed by atoms with van der Waals surface area (Å²) in [6.45, 7) is 6.13. The molecule has 1 heterocycles. The highest BCUT2D eigenvalue weighted by Crippen LogP contribution is 2.22. The van der Waals surface area contributed by atoms with E-state index in [0.29, 0.717) is 29.6 Å². The van der Waals surface area contributed by atoms with Gasteiger partial charge in [0.1, 0.15) is 0 Å². The van der Waals surface area contributed by atoms with Gasteiger partial charge in [0, 0.05) is 36.6 Å². The SMILES string of the molecule is CCN(CC#CCC1CCN(C(=O)c2ccc(Cl)cc2)CC1)CCO. The maximum absolute atomic E-state index is 12.5. The number of amides is 1. The Kier molecular flexibility index (Phi) is 8.27. The first-order valence-corrected chi connectivity index (χ1v) is 9.35. The number of aliphatic hydroxyl groups excluding tert-OH is 1. The molecule has 1 fully saturated rings. The Bertz CT molecular complexity index is 598. The zero-order valence-electron chi connectivity index (χ0n) is 14.9. The van der Waals surface area contributed by atoms with Crippen molar-refractivity contribution >= 4 is 17.5 Å². The number of piperidine rings is 1. The second kappa shape index (κ2) is 10.5. The first-order chi connectivity index (χ1) is 12.1. The zero-order chi connectivity index (χ0) is 18.1. The molecule has 0 aliphatic carbocycles. The number of likely N-dealkylation sites (N-methyl/N-ethyl adjacent to an activating group) is 1. The third kappa shape index (κ3) is 6.36. The van der Waals surface area contributed by atoms with Crippen LogP contribution in [-0.4, -0.2) is 60.1 Å². The molecule has 1 N–H and O–H groups in total. The molecule has 0 atom stereocenters. The van der Waals surface area contributed by atoms with Crippen LogP contribution in [0.25, 0.3) is 0 Å². The van der Waals surface area contributed by atoms with Gasteiger partial charge in [-0.05, 0) is 49.6 Å². The fourth-order valence-electron chi connectivity index (χ4n) is 2.99. The summed E-state index contributed by atoms with van der Waals surface area (Å²) in [6.07, 6.45) is 2.89. The summed E-state index contributed by atoms with van der Waals surface area (Å²) >= 11 is 5.87. The summed E-state index contributed by atoms with van der Waals surface area (Å²) in [6, 6.07) is 7.09. The minimum Gasteiger partial charge on any atom is -0.395 e. The maximum Gasteiger partial charge on any atom is 0.253 e. The smallest absolute Gasteiger partial charge is 0.253 e. The Balaban J connectivity index is 1.74. The Hall–Kier alpha value is -1.54. The van der Waals surface area contributed by atoms with Crippen LogP contribution in [0.2, 0.25) is 5.02 Å². The van der Waals surface area contributed by atoms with Crippen LogP contribution >= 0.6 is 11.6 Å². The van der Waals surface area contributed by atoms with Gasteiger partial charge in [-0.15, -0.1) is 5.92 Å². The molecular weight excluding hydrogens is 336 g/mol. The predicted octanol–water partition coefficient (Wildman–Crippen LogP) is 2.90. The number of rotatable bonds is 6. The lowest BCUT2D eigenvalue weighted by Gasteiger charge is -2.31. The van der Waals surface area contributed by atoms with Crippen molar-refractivity contribution in [1.82, 2.24) is 9.80 Å². The summed E-state index contributed by atoms with van der Waals surface area (Å²) in [4.78, 5) is 16.5. The van der Waals surface area contributed by atoms with E-state index in [-0.39, 0.29) is 12.5 Å². The summed E-state index contributed by atoms with van der Waals surface area (Å²) < 4.78 is 0. The van der Waals surface area contributed by atoms with Gasteiger partial charge in [-0.2, -0.15) is 0 Å². The largest absolute Gasteiger partial charge is 0.395 e. The monoisotopic (exact) mass is 362 g/mol. The van der Waals surface area contributed by atoms with Crippen LogP contribution in [0.4, 0.5) is 0 Å². The molecule has 25 heavy (non-hydrogen) atoms. The lowest BCUT2D eigenvalue weighted by atomic mass is 9.93. The first-order valence-electron chi connectivity index (χ1n) is 8.97. The molecular formula is C20H27ClN2O2. The summed E-state index contributed by atoms with van der Waals surface area (Å²) in [5.74, 6) is 7.13. The number of carbonyl (C=O) groups is 1. The van der Waals surface area contributed by atoms with Crippen molar-refractivity contribution in [2.75, 3.05) is 39.3 Å². The quantitative estimate of drug-likeness (QED) is 0.791. The number of hydrogen-bond acceptors (Lipinski definition) is 3. The lowest BCUT2D eigenvalue weighted by molar-refractivity contribution is 0.0692. The molecule has 136 valence electrons. The van der Waals surface area contributed by atoms with E-state index >= 15 is 0 Å². The number of hydrogen-bond donors (Lipinski definition) is 1. The molecule has 1 amide bonds. The highest BCUT2D eigenvalue weighted by molar-refractivity contribution is 6.30. The van der Waals surface area contributed by atoms with Gasteiger partial charge in [-0.1, -0.05) is 24.4 Å². The average molecular weight is 363 g/mol. The molecule has 0 bridgehead atoms. The van der Waals surface area contributed by atoms with Gasteiger partial charge in [-0.25, -0.2) is 0 Å². The molecule has 0 spiro atoms. The van der Waals surface area contributed by atoms with Crippen LogP contribution < -0.4 is 0 Å². The summed E-state index contributed by atoms with van der Waals surface area (Å²) in [5, 5.41) is 9.61. The van der Waals surface area contributed by atoms with E-state index in [4.69, 9.17) is 16.7 Å². The Labute approximate surface area is 155 Å². The standard InChI is InChI=1S/C20H27ClN2O2/c1-2-22(15-16-24)12-4-3-5-17-10-13-23(14-11-17)20(25)18-6-8-19(21)9-7-18/h6-9,17,24H,2,5,10-16H2,1H3. The number of carbonyl (C=O) groups excluding carboxylic acids is 1. The molecule has 1 aromatic rings. The maximum atomic E-state index is 12.5. The lowest BCUT2D eigenvalue weighted by Crippen LogP contribution is -2.38. The van der Waals surface area contributed by atoms with Crippen LogP contribution in [0.1, 0.15) is 36.5 Å². The molecule has 0 unspecified atom stereocenters. The number of aliphatic hydroxyl groups is 1. The van der Waals surface area contributed by atoms with E-state index in [1.807, 2.05) is 4.90 Å². The van der Waals surface area contributed by atoms with Crippen LogP contribution in [-0.2, 0) is 0 Å². The summed E-state index contributed by atoms with van der Waals surface area (Å²) in [5.41, 5.74) is 0.700. The highest BCUT2D eigenvalue weighted by atomic mass is 35.5. The molecule has 4 nitrogen and oxygen atoms in total. The van der Waals surface area contributed by atoms with Crippen molar-refractivity contribution in [3.63, 3.8) is 0 Å². The minimum atomic E-state index is 0.0868. The molecule has 5 heteroatoms. The van der Waals surface area contributed by atoms with Crippen LogP contribution in [0.5, 0.6) is 0 Å². The van der Waals surface area contributed by atoms with E-state index < -0.39 is 0 Å².